The number of alkyl carbamates (subject to hydrolysis) is 1. The fraction of sp³-hybridized carbons (Fsp3) is 0.514. The standard InChI is InChI=1S/C37H46N4O13/c1-2-37(48)28-21-30-32-25(22-41(30)33(44)27(28)23-53-34(37)45)19-24-20-26(7-8-29(24)40-32)54-36(47)39-11-6-4-3-5-10-38-35(46)52-18-17-51-16-15-50-14-13-49-12-9-31(42)43/h7-8,19-21,48H,2-6,9-18,22-23H2,1H3,(H,38,46)(H,39,47)(H,42,43)/t37-/m0/s1. The van der Waals surface area contributed by atoms with Crippen molar-refractivity contribution in [2.45, 2.75) is 64.2 Å². The van der Waals surface area contributed by atoms with Crippen LogP contribution < -0.4 is 20.9 Å². The molecule has 1 atom stereocenters. The van der Waals surface area contributed by atoms with Crippen LogP contribution in [0, 0.1) is 0 Å². The molecule has 17 nitrogen and oxygen atoms in total. The monoisotopic (exact) mass is 754 g/mol. The van der Waals surface area contributed by atoms with Gasteiger partial charge in [-0.3, -0.25) is 9.59 Å². The number of ether oxygens (including phenoxy) is 6. The van der Waals surface area contributed by atoms with Crippen LogP contribution in [0.25, 0.3) is 22.3 Å². The summed E-state index contributed by atoms with van der Waals surface area (Å²) in [5.74, 6) is -1.35. The molecule has 2 aliphatic heterocycles. The fourth-order valence-electron chi connectivity index (χ4n) is 6.10. The van der Waals surface area contributed by atoms with Gasteiger partial charge in [0.25, 0.3) is 5.56 Å². The largest absolute Gasteiger partial charge is 0.481 e. The number of unbranched alkanes of at least 4 members (excludes halogenated alkanes) is 3. The molecule has 0 unspecified atom stereocenters. The van der Waals surface area contributed by atoms with Gasteiger partial charge >= 0.3 is 24.1 Å². The number of carbonyl (C=O) groups excluding carboxylic acids is 3. The number of nitrogens with zero attached hydrogens (tertiary/aromatic N) is 2. The maximum absolute atomic E-state index is 13.4. The molecule has 2 amide bonds. The summed E-state index contributed by atoms with van der Waals surface area (Å²) in [5, 5.41) is 25.7. The van der Waals surface area contributed by atoms with E-state index in [4.69, 9.17) is 38.5 Å². The van der Waals surface area contributed by atoms with Crippen LogP contribution >= 0.6 is 0 Å². The first-order valence-corrected chi connectivity index (χ1v) is 18.0. The highest BCUT2D eigenvalue weighted by Crippen LogP contribution is 2.38. The maximum atomic E-state index is 13.4. The van der Waals surface area contributed by atoms with Crippen molar-refractivity contribution in [3.05, 3.63) is 57.4 Å². The number of aromatic nitrogens is 2. The Bertz CT molecular complexity index is 1880. The Kier molecular flexibility index (Phi) is 14.3. The molecule has 4 heterocycles. The lowest BCUT2D eigenvalue weighted by molar-refractivity contribution is -0.172. The molecule has 0 aliphatic carbocycles. The number of hydrogen-bond donors (Lipinski definition) is 4. The van der Waals surface area contributed by atoms with Crippen LogP contribution in [0.4, 0.5) is 9.59 Å². The molecule has 2 aliphatic rings. The number of aliphatic carboxylic acids is 1. The minimum Gasteiger partial charge on any atom is -0.481 e. The predicted molar refractivity (Wildman–Crippen MR) is 191 cm³/mol. The van der Waals surface area contributed by atoms with Gasteiger partial charge in [-0.15, -0.1) is 0 Å². The van der Waals surface area contributed by atoms with Crippen LogP contribution in [0.5, 0.6) is 5.75 Å². The van der Waals surface area contributed by atoms with Crippen molar-refractivity contribution in [3.8, 4) is 17.1 Å². The van der Waals surface area contributed by atoms with E-state index in [1.54, 1.807) is 35.8 Å². The number of carboxylic acid groups (broad SMARTS) is 1. The summed E-state index contributed by atoms with van der Waals surface area (Å²) in [6.45, 7) is 4.40. The highest BCUT2D eigenvalue weighted by molar-refractivity contribution is 5.87. The van der Waals surface area contributed by atoms with Gasteiger partial charge in [0.05, 0.1) is 75.1 Å². The Morgan fingerprint density at radius 1 is 0.889 bits per heavy atom. The zero-order chi connectivity index (χ0) is 38.5. The summed E-state index contributed by atoms with van der Waals surface area (Å²) in [7, 11) is 0. The summed E-state index contributed by atoms with van der Waals surface area (Å²) in [6.07, 6.45) is 2.06. The smallest absolute Gasteiger partial charge is 0.412 e. The number of fused-ring (bicyclic) bond motifs is 5. The van der Waals surface area contributed by atoms with E-state index in [1.165, 1.54) is 0 Å². The first kappa shape index (κ1) is 40.1. The molecular formula is C37H46N4O13. The van der Waals surface area contributed by atoms with Gasteiger partial charge in [0.1, 0.15) is 19.0 Å². The third kappa shape index (κ3) is 10.3. The average Bonchev–Trinajstić information content (AvgIpc) is 3.51. The molecule has 3 aromatic rings. The number of esters is 1. The number of hydrogen-bond acceptors (Lipinski definition) is 13. The Labute approximate surface area is 310 Å². The van der Waals surface area contributed by atoms with Crippen LogP contribution in [0.2, 0.25) is 0 Å². The Hall–Kier alpha value is -5.10. The molecule has 0 spiro atoms. The molecule has 5 rings (SSSR count). The van der Waals surface area contributed by atoms with Crippen molar-refractivity contribution in [2.24, 2.45) is 0 Å². The molecule has 0 saturated heterocycles. The van der Waals surface area contributed by atoms with Gasteiger partial charge in [0.15, 0.2) is 5.60 Å². The highest BCUT2D eigenvalue weighted by Gasteiger charge is 2.45. The quantitative estimate of drug-likeness (QED) is 0.0710. The normalized spacial score (nSPS) is 15.6. The minimum atomic E-state index is -1.90. The Balaban J connectivity index is 0.939. The van der Waals surface area contributed by atoms with Gasteiger partial charge in [0, 0.05) is 29.6 Å². The number of rotatable bonds is 21. The van der Waals surface area contributed by atoms with Gasteiger partial charge in [-0.25, -0.2) is 19.4 Å². The molecule has 0 fully saturated rings. The molecule has 4 N–H and O–H groups in total. The molecule has 2 aromatic heterocycles. The first-order chi connectivity index (χ1) is 26.1. The summed E-state index contributed by atoms with van der Waals surface area (Å²) in [5.41, 5.74) is 0.786. The zero-order valence-corrected chi connectivity index (χ0v) is 30.2. The summed E-state index contributed by atoms with van der Waals surface area (Å²) >= 11 is 0. The number of carbonyl (C=O) groups is 4. The minimum absolute atomic E-state index is 0.0438. The average molecular weight is 755 g/mol. The Morgan fingerprint density at radius 3 is 2.24 bits per heavy atom. The lowest BCUT2D eigenvalue weighted by atomic mass is 9.86. The second-order valence-electron chi connectivity index (χ2n) is 12.7. The van der Waals surface area contributed by atoms with Gasteiger partial charge < -0.3 is 53.8 Å². The van der Waals surface area contributed by atoms with E-state index < -0.39 is 29.7 Å². The van der Waals surface area contributed by atoms with Crippen molar-refractivity contribution in [3.63, 3.8) is 0 Å². The van der Waals surface area contributed by atoms with Crippen molar-refractivity contribution >= 4 is 35.0 Å². The highest BCUT2D eigenvalue weighted by atomic mass is 16.6. The van der Waals surface area contributed by atoms with Gasteiger partial charge in [-0.2, -0.15) is 0 Å². The molecule has 0 bridgehead atoms. The molecule has 1 aromatic carbocycles. The van der Waals surface area contributed by atoms with Crippen molar-refractivity contribution < 1.29 is 57.8 Å². The van der Waals surface area contributed by atoms with Crippen LogP contribution in [0.1, 0.15) is 62.1 Å². The second-order valence-corrected chi connectivity index (χ2v) is 12.7. The van der Waals surface area contributed by atoms with Gasteiger partial charge in [-0.05, 0) is 49.6 Å². The van der Waals surface area contributed by atoms with Crippen LogP contribution in [0.3, 0.4) is 0 Å². The summed E-state index contributed by atoms with van der Waals surface area (Å²) in [4.78, 5) is 65.2. The van der Waals surface area contributed by atoms with E-state index in [0.717, 1.165) is 36.6 Å². The number of aliphatic hydroxyl groups is 1. The van der Waals surface area contributed by atoms with E-state index in [-0.39, 0.29) is 62.5 Å². The lowest BCUT2D eigenvalue weighted by Crippen LogP contribution is -2.44. The van der Waals surface area contributed by atoms with Crippen molar-refractivity contribution in [2.75, 3.05) is 59.3 Å². The molecule has 54 heavy (non-hydrogen) atoms. The predicted octanol–water partition coefficient (Wildman–Crippen LogP) is 2.98. The van der Waals surface area contributed by atoms with E-state index in [1.807, 2.05) is 6.07 Å². The third-order valence-corrected chi connectivity index (χ3v) is 9.00. The van der Waals surface area contributed by atoms with E-state index in [2.05, 4.69) is 10.6 Å². The third-order valence-electron chi connectivity index (χ3n) is 9.00. The topological polar surface area (TPSA) is 223 Å². The molecule has 0 radical (unpaired) electrons. The first-order valence-electron chi connectivity index (χ1n) is 18.0. The SMILES string of the molecule is CC[C@@]1(O)C(=O)OCc2c1cc1n(c2=O)Cc2cc3cc(OC(=O)NCCCCCCNC(=O)OCCOCCOCCOCCC(=O)O)ccc3nc2-1. The van der Waals surface area contributed by atoms with E-state index in [9.17, 15) is 29.1 Å². The molecule has 292 valence electrons. The Morgan fingerprint density at radius 2 is 1.56 bits per heavy atom. The van der Waals surface area contributed by atoms with Crippen LogP contribution in [-0.2, 0) is 52.0 Å². The van der Waals surface area contributed by atoms with Crippen LogP contribution in [-0.4, -0.2) is 103 Å². The fourth-order valence-corrected chi connectivity index (χ4v) is 6.10. The van der Waals surface area contributed by atoms with Crippen molar-refractivity contribution in [1.29, 1.82) is 0 Å². The zero-order valence-electron chi connectivity index (χ0n) is 30.2. The number of cyclic esters (lactones) is 1. The summed E-state index contributed by atoms with van der Waals surface area (Å²) in [6, 6.07) is 8.62. The number of pyridine rings is 2. The summed E-state index contributed by atoms with van der Waals surface area (Å²) < 4.78 is 33.0. The number of nitrogens with one attached hydrogen (secondary N) is 2. The molecular weight excluding hydrogens is 708 g/mol. The van der Waals surface area contributed by atoms with Crippen molar-refractivity contribution in [1.82, 2.24) is 20.2 Å². The lowest BCUT2D eigenvalue weighted by Gasteiger charge is -2.31. The van der Waals surface area contributed by atoms with E-state index in [0.29, 0.717) is 62.2 Å². The van der Waals surface area contributed by atoms with E-state index >= 15 is 0 Å². The number of carboxylic acids is 1. The second kappa shape index (κ2) is 19.3. The number of benzene rings is 1. The maximum Gasteiger partial charge on any atom is 0.412 e. The number of amides is 2. The molecule has 0 saturated carbocycles. The van der Waals surface area contributed by atoms with Gasteiger partial charge in [0.2, 0.25) is 0 Å². The van der Waals surface area contributed by atoms with Crippen LogP contribution in [0.15, 0.2) is 35.1 Å². The van der Waals surface area contributed by atoms with Gasteiger partial charge in [-0.1, -0.05) is 19.8 Å². The molecule has 17 heteroatoms.